The molecule has 128 valence electrons. The van der Waals surface area contributed by atoms with E-state index in [0.29, 0.717) is 19.6 Å². The van der Waals surface area contributed by atoms with Crippen LogP contribution in [-0.2, 0) is 10.2 Å². The van der Waals surface area contributed by atoms with Crippen LogP contribution >= 0.6 is 0 Å². The summed E-state index contributed by atoms with van der Waals surface area (Å²) in [7, 11) is -3.44. The number of hydrogen-bond acceptors (Lipinski definition) is 4. The third kappa shape index (κ3) is 2.71. The lowest BCUT2D eigenvalue weighted by molar-refractivity contribution is -0.0648. The Morgan fingerprint density at radius 1 is 1.14 bits per heavy atom. The first-order valence-electron chi connectivity index (χ1n) is 8.58. The first kappa shape index (κ1) is 16.6. The van der Waals surface area contributed by atoms with Gasteiger partial charge in [0.1, 0.15) is 0 Å². The Balaban J connectivity index is 1.68. The zero-order valence-corrected chi connectivity index (χ0v) is 14.6. The number of β-amino-alcohol motifs (C(OH)–C–C–N with tert-alkyl or cyclic N) is 1. The van der Waals surface area contributed by atoms with E-state index < -0.39 is 15.8 Å². The summed E-state index contributed by atoms with van der Waals surface area (Å²) in [6.07, 6.45) is 3.22. The topological polar surface area (TPSA) is 64.1 Å². The molecule has 2 aliphatic heterocycles. The molecule has 0 aromatic carbocycles. The molecule has 0 radical (unpaired) electrons. The van der Waals surface area contributed by atoms with Crippen LogP contribution < -0.4 is 0 Å². The van der Waals surface area contributed by atoms with Crippen molar-refractivity contribution in [3.8, 4) is 0 Å². The van der Waals surface area contributed by atoms with Gasteiger partial charge in [0, 0.05) is 45.2 Å². The highest BCUT2D eigenvalue weighted by Crippen LogP contribution is 2.44. The normalized spacial score (nSPS) is 36.6. The van der Waals surface area contributed by atoms with Crippen molar-refractivity contribution in [3.05, 3.63) is 0 Å². The zero-order chi connectivity index (χ0) is 16.0. The van der Waals surface area contributed by atoms with Gasteiger partial charge in [-0.1, -0.05) is 20.3 Å². The minimum absolute atomic E-state index is 0.0181. The van der Waals surface area contributed by atoms with Gasteiger partial charge in [0.2, 0.25) is 0 Å². The minimum Gasteiger partial charge on any atom is -0.388 e. The molecule has 3 fully saturated rings. The molecule has 0 bridgehead atoms. The molecule has 2 saturated heterocycles. The summed E-state index contributed by atoms with van der Waals surface area (Å²) in [4.78, 5) is 2.27. The van der Waals surface area contributed by atoms with Gasteiger partial charge < -0.3 is 10.0 Å². The van der Waals surface area contributed by atoms with Crippen molar-refractivity contribution < 1.29 is 13.5 Å². The van der Waals surface area contributed by atoms with E-state index in [1.807, 2.05) is 6.92 Å². The molecule has 22 heavy (non-hydrogen) atoms. The molecule has 0 aromatic heterocycles. The predicted octanol–water partition coefficient (Wildman–Crippen LogP) is 0.352. The average molecular weight is 331 g/mol. The van der Waals surface area contributed by atoms with E-state index >= 15 is 0 Å². The maximum atomic E-state index is 12.9. The second-order valence-electron chi connectivity index (χ2n) is 7.15. The molecular formula is C15H29N3O3S. The Hall–Kier alpha value is -0.210. The highest BCUT2D eigenvalue weighted by molar-refractivity contribution is 7.86. The molecule has 0 unspecified atom stereocenters. The number of likely N-dealkylation sites (N-methyl/N-ethyl adjacent to an activating group) is 1. The Morgan fingerprint density at radius 2 is 1.77 bits per heavy atom. The molecule has 0 amide bonds. The first-order chi connectivity index (χ1) is 10.4. The van der Waals surface area contributed by atoms with Crippen LogP contribution in [0.4, 0.5) is 0 Å². The SMILES string of the molecule is CCN1CCN(S(=O)(=O)N2C[C@@H](C)[C@](O)(C3CCC3)C2)CC1. The summed E-state index contributed by atoms with van der Waals surface area (Å²) < 4.78 is 28.9. The van der Waals surface area contributed by atoms with E-state index in [2.05, 4.69) is 11.8 Å². The number of nitrogens with zero attached hydrogens (tertiary/aromatic N) is 3. The Morgan fingerprint density at radius 3 is 2.27 bits per heavy atom. The van der Waals surface area contributed by atoms with Crippen molar-refractivity contribution in [2.45, 2.75) is 38.7 Å². The average Bonchev–Trinajstić information content (AvgIpc) is 2.74. The third-order valence-electron chi connectivity index (χ3n) is 6.00. The van der Waals surface area contributed by atoms with E-state index in [-0.39, 0.29) is 18.4 Å². The van der Waals surface area contributed by atoms with Gasteiger partial charge in [0.25, 0.3) is 10.2 Å². The van der Waals surface area contributed by atoms with Crippen LogP contribution in [0, 0.1) is 11.8 Å². The molecule has 0 aromatic rings. The first-order valence-corrected chi connectivity index (χ1v) is 9.97. The summed E-state index contributed by atoms with van der Waals surface area (Å²) in [6.45, 7) is 8.49. The molecule has 2 heterocycles. The van der Waals surface area contributed by atoms with Crippen molar-refractivity contribution >= 4 is 10.2 Å². The van der Waals surface area contributed by atoms with Gasteiger partial charge in [-0.25, -0.2) is 0 Å². The number of aliphatic hydroxyl groups is 1. The lowest BCUT2D eigenvalue weighted by atomic mass is 9.69. The molecule has 7 heteroatoms. The minimum atomic E-state index is -3.44. The molecule has 3 aliphatic rings. The van der Waals surface area contributed by atoms with Crippen LogP contribution in [0.2, 0.25) is 0 Å². The Kier molecular flexibility index (Phi) is 4.55. The predicted molar refractivity (Wildman–Crippen MR) is 85.6 cm³/mol. The van der Waals surface area contributed by atoms with Crippen LogP contribution in [0.3, 0.4) is 0 Å². The summed E-state index contributed by atoms with van der Waals surface area (Å²) in [5.41, 5.74) is -0.823. The summed E-state index contributed by atoms with van der Waals surface area (Å²) in [5, 5.41) is 11.0. The zero-order valence-electron chi connectivity index (χ0n) is 13.7. The molecule has 0 spiro atoms. The van der Waals surface area contributed by atoms with Gasteiger partial charge in [-0.05, 0) is 25.3 Å². The van der Waals surface area contributed by atoms with Crippen LogP contribution in [-0.4, -0.2) is 78.4 Å². The molecule has 1 saturated carbocycles. The number of piperazine rings is 1. The van der Waals surface area contributed by atoms with Crippen molar-refractivity contribution in [2.24, 2.45) is 11.8 Å². The van der Waals surface area contributed by atoms with Crippen LogP contribution in [0.5, 0.6) is 0 Å². The molecule has 2 atom stereocenters. The van der Waals surface area contributed by atoms with E-state index in [9.17, 15) is 13.5 Å². The van der Waals surface area contributed by atoms with E-state index in [4.69, 9.17) is 0 Å². The molecule has 3 rings (SSSR count). The second kappa shape index (κ2) is 6.02. The molecular weight excluding hydrogens is 302 g/mol. The molecule has 6 nitrogen and oxygen atoms in total. The van der Waals surface area contributed by atoms with Gasteiger partial charge in [-0.2, -0.15) is 17.0 Å². The van der Waals surface area contributed by atoms with Crippen molar-refractivity contribution in [1.82, 2.24) is 13.5 Å². The van der Waals surface area contributed by atoms with Crippen LogP contribution in [0.25, 0.3) is 0 Å². The summed E-state index contributed by atoms with van der Waals surface area (Å²) in [6, 6.07) is 0. The number of hydrogen-bond donors (Lipinski definition) is 1. The lowest BCUT2D eigenvalue weighted by Crippen LogP contribution is -2.53. The van der Waals surface area contributed by atoms with Gasteiger partial charge in [-0.3, -0.25) is 0 Å². The second-order valence-corrected chi connectivity index (χ2v) is 9.08. The standard InChI is InChI=1S/C15H29N3O3S/c1-3-16-7-9-17(10-8-16)22(20,21)18-11-13(2)15(19,12-18)14-5-4-6-14/h13-14,19H,3-12H2,1-2H3/t13-,15+/m1/s1. The van der Waals surface area contributed by atoms with Crippen molar-refractivity contribution in [3.63, 3.8) is 0 Å². The van der Waals surface area contributed by atoms with Gasteiger partial charge in [0.05, 0.1) is 5.60 Å². The maximum absolute atomic E-state index is 12.9. The smallest absolute Gasteiger partial charge is 0.282 e. The fraction of sp³-hybridized carbons (Fsp3) is 1.00. The van der Waals surface area contributed by atoms with Gasteiger partial charge >= 0.3 is 0 Å². The fourth-order valence-corrected chi connectivity index (χ4v) is 5.75. The summed E-state index contributed by atoms with van der Waals surface area (Å²) in [5.74, 6) is 0.296. The largest absolute Gasteiger partial charge is 0.388 e. The van der Waals surface area contributed by atoms with Crippen molar-refractivity contribution in [2.75, 3.05) is 45.8 Å². The van der Waals surface area contributed by atoms with E-state index in [1.54, 1.807) is 4.31 Å². The highest BCUT2D eigenvalue weighted by atomic mass is 32.2. The summed E-state index contributed by atoms with van der Waals surface area (Å²) >= 11 is 0. The third-order valence-corrected chi connectivity index (χ3v) is 7.95. The monoisotopic (exact) mass is 331 g/mol. The van der Waals surface area contributed by atoms with E-state index in [1.165, 1.54) is 4.31 Å². The Labute approximate surface area is 134 Å². The number of rotatable bonds is 4. The Bertz CT molecular complexity index is 500. The van der Waals surface area contributed by atoms with Gasteiger partial charge in [-0.15, -0.1) is 0 Å². The van der Waals surface area contributed by atoms with Crippen LogP contribution in [0.1, 0.15) is 33.1 Å². The lowest BCUT2D eigenvalue weighted by Gasteiger charge is -2.41. The van der Waals surface area contributed by atoms with Crippen molar-refractivity contribution in [1.29, 1.82) is 0 Å². The molecule has 1 aliphatic carbocycles. The van der Waals surface area contributed by atoms with E-state index in [0.717, 1.165) is 38.9 Å². The maximum Gasteiger partial charge on any atom is 0.282 e. The molecule has 1 N–H and O–H groups in total. The quantitative estimate of drug-likeness (QED) is 0.807. The fourth-order valence-electron chi connectivity index (χ4n) is 4.02. The highest BCUT2D eigenvalue weighted by Gasteiger charge is 2.53. The van der Waals surface area contributed by atoms with Crippen LogP contribution in [0.15, 0.2) is 0 Å². The van der Waals surface area contributed by atoms with Gasteiger partial charge in [0.15, 0.2) is 0 Å².